The molecule has 0 unspecified atom stereocenters. The Bertz CT molecular complexity index is 585. The van der Waals surface area contributed by atoms with E-state index in [-0.39, 0.29) is 23.7 Å². The van der Waals surface area contributed by atoms with E-state index in [1.165, 1.54) is 16.0 Å². The van der Waals surface area contributed by atoms with Crippen LogP contribution < -0.4 is 0 Å². The number of hydrogen-bond donors (Lipinski definition) is 0. The first-order chi connectivity index (χ1) is 11.5. The van der Waals surface area contributed by atoms with Crippen LogP contribution in [0.1, 0.15) is 56.6 Å². The summed E-state index contributed by atoms with van der Waals surface area (Å²) in [4.78, 5) is 28.6. The van der Waals surface area contributed by atoms with E-state index < -0.39 is 0 Å². The average Bonchev–Trinajstić information content (AvgIpc) is 2.81. The second-order valence-corrected chi connectivity index (χ2v) is 7.65. The third-order valence-corrected chi connectivity index (χ3v) is 5.41. The molecule has 130 valence electrons. The lowest BCUT2D eigenvalue weighted by Gasteiger charge is -2.23. The Balaban J connectivity index is 1.61. The monoisotopic (exact) mass is 328 g/mol. The summed E-state index contributed by atoms with van der Waals surface area (Å²) in [5, 5.41) is 0. The fourth-order valence-electron chi connectivity index (χ4n) is 3.98. The van der Waals surface area contributed by atoms with Crippen molar-refractivity contribution < 1.29 is 9.59 Å². The van der Waals surface area contributed by atoms with Gasteiger partial charge in [0.2, 0.25) is 11.8 Å². The molecule has 1 aromatic carbocycles. The van der Waals surface area contributed by atoms with Gasteiger partial charge in [0.05, 0.1) is 18.5 Å². The Morgan fingerprint density at radius 1 is 1.04 bits per heavy atom. The first-order valence-corrected chi connectivity index (χ1v) is 9.10. The van der Waals surface area contributed by atoms with E-state index in [0.29, 0.717) is 12.6 Å². The summed E-state index contributed by atoms with van der Waals surface area (Å²) < 4.78 is 0. The average molecular weight is 328 g/mol. The Kier molecular flexibility index (Phi) is 5.04. The second kappa shape index (κ2) is 7.06. The maximum absolute atomic E-state index is 12.5. The van der Waals surface area contributed by atoms with Crippen LogP contribution in [0.5, 0.6) is 0 Å². The van der Waals surface area contributed by atoms with Crippen LogP contribution >= 0.6 is 0 Å². The van der Waals surface area contributed by atoms with Gasteiger partial charge in [-0.25, -0.2) is 0 Å². The van der Waals surface area contributed by atoms with E-state index in [0.717, 1.165) is 32.2 Å². The topological polar surface area (TPSA) is 40.6 Å². The normalized spacial score (nSPS) is 24.1. The first kappa shape index (κ1) is 17.2. The van der Waals surface area contributed by atoms with E-state index in [1.54, 1.807) is 0 Å². The number of carbonyl (C=O) groups is 2. The van der Waals surface area contributed by atoms with Crippen molar-refractivity contribution >= 4 is 11.8 Å². The number of hydrogen-bond acceptors (Lipinski definition) is 3. The summed E-state index contributed by atoms with van der Waals surface area (Å²) >= 11 is 0. The standard InChI is InChI=1S/C20H28N2O2/c1-14(2)16-10-8-15(9-11-16)12-21(3)13-22-19(23)17-6-4-5-7-18(17)20(22)24/h8-11,14,17-18H,4-7,12-13H2,1-3H3/t17-,18-/m0/s1. The highest BCUT2D eigenvalue weighted by molar-refractivity contribution is 6.05. The Morgan fingerprint density at radius 3 is 2.08 bits per heavy atom. The lowest BCUT2D eigenvalue weighted by molar-refractivity contribution is -0.142. The van der Waals surface area contributed by atoms with Gasteiger partial charge in [-0.05, 0) is 36.9 Å². The van der Waals surface area contributed by atoms with Crippen LogP contribution in [-0.2, 0) is 16.1 Å². The molecule has 0 N–H and O–H groups in total. The van der Waals surface area contributed by atoms with Gasteiger partial charge >= 0.3 is 0 Å². The molecule has 0 aromatic heterocycles. The molecule has 24 heavy (non-hydrogen) atoms. The molecule has 2 amide bonds. The zero-order valence-electron chi connectivity index (χ0n) is 15.0. The molecule has 0 radical (unpaired) electrons. The molecular formula is C20H28N2O2. The van der Waals surface area contributed by atoms with Crippen molar-refractivity contribution in [2.45, 2.75) is 52.0 Å². The van der Waals surface area contributed by atoms with Gasteiger partial charge in [0.1, 0.15) is 0 Å². The Hall–Kier alpha value is -1.68. The van der Waals surface area contributed by atoms with Gasteiger partial charge in [-0.2, -0.15) is 0 Å². The number of fused-ring (bicyclic) bond motifs is 1. The molecular weight excluding hydrogens is 300 g/mol. The van der Waals surface area contributed by atoms with E-state index >= 15 is 0 Å². The zero-order valence-corrected chi connectivity index (χ0v) is 15.0. The predicted molar refractivity (Wildman–Crippen MR) is 94.2 cm³/mol. The lowest BCUT2D eigenvalue weighted by atomic mass is 9.81. The molecule has 1 saturated heterocycles. The highest BCUT2D eigenvalue weighted by atomic mass is 16.2. The van der Waals surface area contributed by atoms with E-state index in [2.05, 4.69) is 43.0 Å². The lowest BCUT2D eigenvalue weighted by Crippen LogP contribution is -2.40. The van der Waals surface area contributed by atoms with Gasteiger partial charge in [-0.15, -0.1) is 0 Å². The van der Waals surface area contributed by atoms with Crippen LogP contribution in [0.3, 0.4) is 0 Å². The summed E-state index contributed by atoms with van der Waals surface area (Å²) in [5.74, 6) is 0.522. The molecule has 1 heterocycles. The summed E-state index contributed by atoms with van der Waals surface area (Å²) in [5.41, 5.74) is 2.54. The summed E-state index contributed by atoms with van der Waals surface area (Å²) in [6.07, 6.45) is 3.91. The molecule has 2 fully saturated rings. The number of nitrogens with zero attached hydrogens (tertiary/aromatic N) is 2. The number of rotatable bonds is 5. The van der Waals surface area contributed by atoms with Gasteiger partial charge in [0, 0.05) is 6.54 Å². The fraction of sp³-hybridized carbons (Fsp3) is 0.600. The van der Waals surface area contributed by atoms with Crippen LogP contribution in [0.15, 0.2) is 24.3 Å². The SMILES string of the molecule is CC(C)c1ccc(CN(C)CN2C(=O)[C@H]3CCCC[C@@H]3C2=O)cc1. The molecule has 4 nitrogen and oxygen atoms in total. The highest BCUT2D eigenvalue weighted by Gasteiger charge is 2.48. The van der Waals surface area contributed by atoms with Crippen molar-refractivity contribution in [1.29, 1.82) is 0 Å². The van der Waals surface area contributed by atoms with Gasteiger partial charge in [0.25, 0.3) is 0 Å². The maximum atomic E-state index is 12.5. The number of likely N-dealkylation sites (tertiary alicyclic amines) is 1. The van der Waals surface area contributed by atoms with Gasteiger partial charge in [-0.3, -0.25) is 19.4 Å². The third kappa shape index (κ3) is 3.39. The van der Waals surface area contributed by atoms with E-state index in [1.807, 2.05) is 7.05 Å². The largest absolute Gasteiger partial charge is 0.284 e. The number of amides is 2. The maximum Gasteiger partial charge on any atom is 0.234 e. The van der Waals surface area contributed by atoms with E-state index in [4.69, 9.17) is 0 Å². The smallest absolute Gasteiger partial charge is 0.234 e. The summed E-state index contributed by atoms with van der Waals surface area (Å²) in [7, 11) is 1.97. The molecule has 1 aromatic rings. The number of carbonyl (C=O) groups excluding carboxylic acids is 2. The van der Waals surface area contributed by atoms with Gasteiger partial charge in [-0.1, -0.05) is 51.0 Å². The first-order valence-electron chi connectivity index (χ1n) is 9.10. The Morgan fingerprint density at radius 2 is 1.58 bits per heavy atom. The van der Waals surface area contributed by atoms with Crippen molar-refractivity contribution in [3.8, 4) is 0 Å². The van der Waals surface area contributed by atoms with Crippen molar-refractivity contribution in [3.05, 3.63) is 35.4 Å². The molecule has 1 aliphatic carbocycles. The highest BCUT2D eigenvalue weighted by Crippen LogP contribution is 2.38. The zero-order chi connectivity index (χ0) is 17.3. The van der Waals surface area contributed by atoms with Crippen LogP contribution in [0, 0.1) is 11.8 Å². The third-order valence-electron chi connectivity index (χ3n) is 5.41. The molecule has 0 spiro atoms. The molecule has 3 rings (SSSR count). The molecule has 2 aliphatic rings. The molecule has 1 aliphatic heterocycles. The van der Waals surface area contributed by atoms with Crippen molar-refractivity contribution in [3.63, 3.8) is 0 Å². The minimum Gasteiger partial charge on any atom is -0.284 e. The minimum absolute atomic E-state index is 0.0479. The summed E-state index contributed by atoms with van der Waals surface area (Å²) in [6, 6.07) is 8.60. The quantitative estimate of drug-likeness (QED) is 0.778. The second-order valence-electron chi connectivity index (χ2n) is 7.65. The predicted octanol–water partition coefficient (Wildman–Crippen LogP) is 3.37. The molecule has 2 atom stereocenters. The Labute approximate surface area is 144 Å². The molecule has 4 heteroatoms. The van der Waals surface area contributed by atoms with Crippen LogP contribution in [-0.4, -0.2) is 35.3 Å². The number of benzene rings is 1. The van der Waals surface area contributed by atoms with Gasteiger partial charge < -0.3 is 0 Å². The molecule has 1 saturated carbocycles. The summed E-state index contributed by atoms with van der Waals surface area (Å²) in [6.45, 7) is 5.51. The van der Waals surface area contributed by atoms with Gasteiger partial charge in [0.15, 0.2) is 0 Å². The van der Waals surface area contributed by atoms with E-state index in [9.17, 15) is 9.59 Å². The van der Waals surface area contributed by atoms with Crippen molar-refractivity contribution in [2.75, 3.05) is 13.7 Å². The van der Waals surface area contributed by atoms with Crippen LogP contribution in [0.25, 0.3) is 0 Å². The number of imide groups is 1. The molecule has 0 bridgehead atoms. The van der Waals surface area contributed by atoms with Crippen LogP contribution in [0.4, 0.5) is 0 Å². The minimum atomic E-state index is -0.0509. The van der Waals surface area contributed by atoms with Crippen molar-refractivity contribution in [1.82, 2.24) is 9.80 Å². The fourth-order valence-corrected chi connectivity index (χ4v) is 3.98. The van der Waals surface area contributed by atoms with Crippen LogP contribution in [0.2, 0.25) is 0 Å². The van der Waals surface area contributed by atoms with Crippen molar-refractivity contribution in [2.24, 2.45) is 11.8 Å².